The number of hydrogen-bond donors (Lipinski definition) is 1. The first-order valence-corrected chi connectivity index (χ1v) is 5.77. The Morgan fingerprint density at radius 3 is 2.06 bits per heavy atom. The van der Waals surface area contributed by atoms with Gasteiger partial charge in [0.2, 0.25) is 5.91 Å². The normalized spacial score (nSPS) is 11.0. The summed E-state index contributed by atoms with van der Waals surface area (Å²) in [7, 11) is 0. The summed E-state index contributed by atoms with van der Waals surface area (Å²) < 4.78 is 11.1. The minimum Gasteiger partial charge on any atom is -0.338 e. The molecule has 0 spiro atoms. The maximum Gasteiger partial charge on any atom is 0.224 e. The lowest BCUT2D eigenvalue weighted by molar-refractivity contribution is -0.241. The van der Waals surface area contributed by atoms with Crippen LogP contribution in [-0.2, 0) is 16.0 Å². The van der Waals surface area contributed by atoms with Gasteiger partial charge in [0.25, 0.3) is 0 Å². The quantitative estimate of drug-likeness (QED) is 0.764. The second-order valence-electron chi connectivity index (χ2n) is 3.65. The van der Waals surface area contributed by atoms with E-state index < -0.39 is 5.91 Å². The van der Waals surface area contributed by atoms with Crippen LogP contribution in [0.4, 0.5) is 0 Å². The van der Waals surface area contributed by atoms with Crippen LogP contribution in [-0.4, -0.2) is 19.1 Å². The molecule has 17 heavy (non-hydrogen) atoms. The number of nitrogens with one attached hydrogen (secondary N) is 1. The van der Waals surface area contributed by atoms with E-state index in [0.717, 1.165) is 6.54 Å². The number of ether oxygens (including phenoxy) is 2. The van der Waals surface area contributed by atoms with E-state index in [9.17, 15) is 0 Å². The zero-order valence-corrected chi connectivity index (χ0v) is 11.5. The van der Waals surface area contributed by atoms with Crippen LogP contribution in [0.1, 0.15) is 26.3 Å². The van der Waals surface area contributed by atoms with Crippen LogP contribution in [0.3, 0.4) is 0 Å². The van der Waals surface area contributed by atoms with Gasteiger partial charge in [-0.15, -0.1) is 12.4 Å². The molecule has 0 atom stereocenters. The van der Waals surface area contributed by atoms with Crippen LogP contribution in [0.2, 0.25) is 0 Å². The largest absolute Gasteiger partial charge is 0.338 e. The molecule has 3 nitrogen and oxygen atoms in total. The predicted molar refractivity (Wildman–Crippen MR) is 72.2 cm³/mol. The third-order valence-corrected chi connectivity index (χ3v) is 2.30. The molecule has 0 amide bonds. The van der Waals surface area contributed by atoms with Gasteiger partial charge in [-0.1, -0.05) is 30.3 Å². The van der Waals surface area contributed by atoms with Gasteiger partial charge < -0.3 is 9.47 Å². The molecule has 0 fully saturated rings. The van der Waals surface area contributed by atoms with E-state index in [0.29, 0.717) is 13.2 Å². The Bertz CT molecular complexity index is 287. The molecule has 1 aromatic rings. The number of rotatable bonds is 7. The third kappa shape index (κ3) is 6.03. The van der Waals surface area contributed by atoms with Gasteiger partial charge in [0.05, 0.1) is 0 Å². The van der Waals surface area contributed by atoms with Crippen LogP contribution >= 0.6 is 12.4 Å². The Balaban J connectivity index is 0.00000256. The van der Waals surface area contributed by atoms with Gasteiger partial charge in [-0.05, 0) is 19.4 Å². The summed E-state index contributed by atoms with van der Waals surface area (Å²) in [6.07, 6.45) is 0. The Morgan fingerprint density at radius 2 is 1.59 bits per heavy atom. The number of hydrogen-bond acceptors (Lipinski definition) is 3. The van der Waals surface area contributed by atoms with Crippen LogP contribution in [0.5, 0.6) is 0 Å². The summed E-state index contributed by atoms with van der Waals surface area (Å²) in [5.41, 5.74) is 1.22. The highest BCUT2D eigenvalue weighted by atomic mass is 35.5. The molecule has 1 aromatic carbocycles. The topological polar surface area (TPSA) is 30.5 Å². The van der Waals surface area contributed by atoms with E-state index in [2.05, 4.69) is 17.4 Å². The molecule has 1 N–H and O–H groups in total. The lowest BCUT2D eigenvalue weighted by atomic mass is 10.2. The van der Waals surface area contributed by atoms with Crippen molar-refractivity contribution in [2.24, 2.45) is 0 Å². The zero-order chi connectivity index (χ0) is 11.9. The van der Waals surface area contributed by atoms with Crippen molar-refractivity contribution in [2.45, 2.75) is 33.2 Å². The molecule has 0 aromatic heterocycles. The Morgan fingerprint density at radius 1 is 1.06 bits per heavy atom. The first-order valence-electron chi connectivity index (χ1n) is 5.77. The van der Waals surface area contributed by atoms with Gasteiger partial charge in [-0.2, -0.15) is 0 Å². The highest BCUT2D eigenvalue weighted by molar-refractivity contribution is 5.85. The maximum atomic E-state index is 5.56. The Kier molecular flexibility index (Phi) is 8.17. The number of halogens is 1. The maximum absolute atomic E-state index is 5.56. The van der Waals surface area contributed by atoms with Crippen LogP contribution in [0.25, 0.3) is 0 Å². The van der Waals surface area contributed by atoms with Crippen molar-refractivity contribution >= 4 is 12.4 Å². The molecule has 0 saturated carbocycles. The van der Waals surface area contributed by atoms with Gasteiger partial charge in [0, 0.05) is 26.7 Å². The fourth-order valence-corrected chi connectivity index (χ4v) is 1.55. The van der Waals surface area contributed by atoms with E-state index in [-0.39, 0.29) is 12.4 Å². The molecular formula is C13H22ClNO2. The summed E-state index contributed by atoms with van der Waals surface area (Å²) in [6.45, 7) is 7.81. The first-order chi connectivity index (χ1) is 7.70. The summed E-state index contributed by atoms with van der Waals surface area (Å²) in [6, 6.07) is 10.2. The van der Waals surface area contributed by atoms with Crippen molar-refractivity contribution < 1.29 is 9.47 Å². The second-order valence-corrected chi connectivity index (χ2v) is 3.65. The van der Waals surface area contributed by atoms with E-state index in [1.807, 2.05) is 39.0 Å². The zero-order valence-electron chi connectivity index (χ0n) is 10.7. The summed E-state index contributed by atoms with van der Waals surface area (Å²) >= 11 is 0. The van der Waals surface area contributed by atoms with Crippen molar-refractivity contribution in [2.75, 3.05) is 13.2 Å². The van der Waals surface area contributed by atoms with Crippen molar-refractivity contribution in [3.63, 3.8) is 0 Å². The highest BCUT2D eigenvalue weighted by Crippen LogP contribution is 2.10. The average Bonchev–Trinajstić information content (AvgIpc) is 2.29. The van der Waals surface area contributed by atoms with E-state index >= 15 is 0 Å². The minimum atomic E-state index is -0.695. The molecule has 0 radical (unpaired) electrons. The van der Waals surface area contributed by atoms with Crippen molar-refractivity contribution in [3.05, 3.63) is 35.9 Å². The van der Waals surface area contributed by atoms with Crippen LogP contribution in [0.15, 0.2) is 30.3 Å². The highest BCUT2D eigenvalue weighted by Gasteiger charge is 2.23. The first kappa shape index (κ1) is 16.4. The van der Waals surface area contributed by atoms with Crippen molar-refractivity contribution in [1.82, 2.24) is 5.32 Å². The Hall–Kier alpha value is -0.610. The van der Waals surface area contributed by atoms with E-state index in [4.69, 9.17) is 9.47 Å². The standard InChI is InChI=1S/C13H21NO2.ClH/c1-4-15-13(3,16-5-2)14-11-12-9-7-6-8-10-12;/h6-10,14H,4-5,11H2,1-3H3;1H. The monoisotopic (exact) mass is 259 g/mol. The predicted octanol–water partition coefficient (Wildman–Crippen LogP) is 2.94. The minimum absolute atomic E-state index is 0. The van der Waals surface area contributed by atoms with Crippen LogP contribution in [0, 0.1) is 0 Å². The van der Waals surface area contributed by atoms with Gasteiger partial charge in [-0.3, -0.25) is 5.32 Å². The molecule has 4 heteroatoms. The van der Waals surface area contributed by atoms with Gasteiger partial charge in [-0.25, -0.2) is 0 Å². The number of benzene rings is 1. The van der Waals surface area contributed by atoms with Gasteiger partial charge >= 0.3 is 0 Å². The smallest absolute Gasteiger partial charge is 0.224 e. The van der Waals surface area contributed by atoms with Crippen LogP contribution < -0.4 is 5.32 Å². The lowest BCUT2D eigenvalue weighted by Crippen LogP contribution is -2.47. The third-order valence-electron chi connectivity index (χ3n) is 2.30. The lowest BCUT2D eigenvalue weighted by Gasteiger charge is -2.30. The van der Waals surface area contributed by atoms with E-state index in [1.54, 1.807) is 0 Å². The van der Waals surface area contributed by atoms with Gasteiger partial charge in [0.1, 0.15) is 0 Å². The molecule has 0 bridgehead atoms. The van der Waals surface area contributed by atoms with Gasteiger partial charge in [0.15, 0.2) is 0 Å². The SMILES string of the molecule is CCOC(C)(NCc1ccccc1)OCC.Cl. The molecule has 0 saturated heterocycles. The fourth-order valence-electron chi connectivity index (χ4n) is 1.55. The molecular weight excluding hydrogens is 238 g/mol. The second kappa shape index (κ2) is 8.48. The molecule has 0 aliphatic rings. The average molecular weight is 260 g/mol. The molecule has 0 heterocycles. The molecule has 0 aliphatic carbocycles. The summed E-state index contributed by atoms with van der Waals surface area (Å²) in [4.78, 5) is 0. The fraction of sp³-hybridized carbons (Fsp3) is 0.538. The molecule has 0 unspecified atom stereocenters. The Labute approximate surface area is 110 Å². The molecule has 0 aliphatic heterocycles. The van der Waals surface area contributed by atoms with E-state index in [1.165, 1.54) is 5.56 Å². The van der Waals surface area contributed by atoms with Crippen molar-refractivity contribution in [3.8, 4) is 0 Å². The molecule has 1 rings (SSSR count). The molecule has 98 valence electrons. The summed E-state index contributed by atoms with van der Waals surface area (Å²) in [5, 5.41) is 3.27. The summed E-state index contributed by atoms with van der Waals surface area (Å²) in [5.74, 6) is -0.695. The van der Waals surface area contributed by atoms with Crippen molar-refractivity contribution in [1.29, 1.82) is 0 Å².